The minimum atomic E-state index is -0.945. The number of carbonyl (C=O) groups is 2. The van der Waals surface area contributed by atoms with Crippen LogP contribution in [0.5, 0.6) is 0 Å². The predicted molar refractivity (Wildman–Crippen MR) is 94.5 cm³/mol. The van der Waals surface area contributed by atoms with E-state index in [1.54, 1.807) is 0 Å². The van der Waals surface area contributed by atoms with E-state index in [2.05, 4.69) is 24.1 Å². The van der Waals surface area contributed by atoms with E-state index in [-0.39, 0.29) is 11.8 Å². The smallest absolute Gasteiger partial charge is 0.326 e. The van der Waals surface area contributed by atoms with Crippen molar-refractivity contribution in [3.63, 3.8) is 0 Å². The molecular formula is C18H36N2O3. The molecule has 1 atom stereocenters. The number of hydrogen-bond acceptors (Lipinski definition) is 3. The average molecular weight is 328 g/mol. The van der Waals surface area contributed by atoms with E-state index in [1.807, 2.05) is 13.8 Å². The highest BCUT2D eigenvalue weighted by Crippen LogP contribution is 2.06. The third kappa shape index (κ3) is 12.0. The Hall–Kier alpha value is -1.10. The molecule has 1 amide bonds. The van der Waals surface area contributed by atoms with Gasteiger partial charge in [-0.05, 0) is 51.2 Å². The lowest BCUT2D eigenvalue weighted by atomic mass is 10.0. The molecule has 136 valence electrons. The quantitative estimate of drug-likeness (QED) is 0.513. The first-order valence-electron chi connectivity index (χ1n) is 9.15. The Balaban J connectivity index is 4.15. The first-order chi connectivity index (χ1) is 10.9. The molecule has 0 saturated heterocycles. The summed E-state index contributed by atoms with van der Waals surface area (Å²) in [4.78, 5) is 25.5. The fourth-order valence-corrected chi connectivity index (χ4v) is 2.52. The zero-order valence-corrected chi connectivity index (χ0v) is 15.4. The number of nitrogens with zero attached hydrogens (tertiary/aromatic N) is 1. The molecule has 0 radical (unpaired) electrons. The molecule has 23 heavy (non-hydrogen) atoms. The maximum absolute atomic E-state index is 12.0. The van der Waals surface area contributed by atoms with E-state index in [0.717, 1.165) is 26.1 Å². The molecule has 0 fully saturated rings. The van der Waals surface area contributed by atoms with Crippen molar-refractivity contribution in [1.82, 2.24) is 10.2 Å². The molecule has 0 aromatic heterocycles. The molecule has 0 aliphatic carbocycles. The standard InChI is InChI=1S/C18H36N2O3/c1-5-7-11-20(12-8-6-2)13-9-10-17(21)19-16(18(22)23)14-15(3)4/h15-16H,5-14H2,1-4H3,(H,19,21)(H,22,23). The fourth-order valence-electron chi connectivity index (χ4n) is 2.52. The van der Waals surface area contributed by atoms with Gasteiger partial charge in [-0.2, -0.15) is 0 Å². The predicted octanol–water partition coefficient (Wildman–Crippen LogP) is 3.28. The number of hydrogen-bond donors (Lipinski definition) is 2. The van der Waals surface area contributed by atoms with Crippen LogP contribution in [0.1, 0.15) is 72.6 Å². The molecule has 5 nitrogen and oxygen atoms in total. The second-order valence-electron chi connectivity index (χ2n) is 6.74. The Bertz CT molecular complexity index is 324. The summed E-state index contributed by atoms with van der Waals surface area (Å²) in [6.07, 6.45) is 6.39. The molecule has 0 aromatic carbocycles. The monoisotopic (exact) mass is 328 g/mol. The van der Waals surface area contributed by atoms with E-state index in [9.17, 15) is 9.59 Å². The van der Waals surface area contributed by atoms with Crippen LogP contribution in [0.4, 0.5) is 0 Å². The summed E-state index contributed by atoms with van der Waals surface area (Å²) >= 11 is 0. The lowest BCUT2D eigenvalue weighted by Gasteiger charge is -2.22. The zero-order valence-electron chi connectivity index (χ0n) is 15.4. The summed E-state index contributed by atoms with van der Waals surface area (Å²) in [5.41, 5.74) is 0. The van der Waals surface area contributed by atoms with Crippen LogP contribution in [0, 0.1) is 5.92 Å². The summed E-state index contributed by atoms with van der Waals surface area (Å²) in [7, 11) is 0. The fraction of sp³-hybridized carbons (Fsp3) is 0.889. The first-order valence-corrected chi connectivity index (χ1v) is 9.15. The summed E-state index contributed by atoms with van der Waals surface area (Å²) in [5, 5.41) is 11.8. The highest BCUT2D eigenvalue weighted by molar-refractivity contribution is 5.83. The van der Waals surface area contributed by atoms with Crippen molar-refractivity contribution in [3.8, 4) is 0 Å². The molecule has 5 heteroatoms. The van der Waals surface area contributed by atoms with Crippen molar-refractivity contribution in [2.24, 2.45) is 5.92 Å². The van der Waals surface area contributed by atoms with Gasteiger partial charge < -0.3 is 15.3 Å². The molecule has 0 spiro atoms. The summed E-state index contributed by atoms with van der Waals surface area (Å²) < 4.78 is 0. The number of aliphatic carboxylic acids is 1. The third-order valence-electron chi connectivity index (χ3n) is 3.87. The summed E-state index contributed by atoms with van der Waals surface area (Å²) in [5.74, 6) is -0.849. The molecule has 0 aliphatic heterocycles. The number of amides is 1. The van der Waals surface area contributed by atoms with Gasteiger partial charge in [-0.25, -0.2) is 4.79 Å². The van der Waals surface area contributed by atoms with Crippen molar-refractivity contribution in [3.05, 3.63) is 0 Å². The minimum Gasteiger partial charge on any atom is -0.480 e. The topological polar surface area (TPSA) is 69.6 Å². The molecule has 1 unspecified atom stereocenters. The largest absolute Gasteiger partial charge is 0.480 e. The van der Waals surface area contributed by atoms with Crippen LogP contribution >= 0.6 is 0 Å². The molecule has 0 heterocycles. The Morgan fingerprint density at radius 3 is 1.96 bits per heavy atom. The molecule has 2 N–H and O–H groups in total. The molecule has 0 bridgehead atoms. The SMILES string of the molecule is CCCCN(CCCC)CCCC(=O)NC(CC(C)C)C(=O)O. The number of nitrogens with one attached hydrogen (secondary N) is 1. The minimum absolute atomic E-state index is 0.149. The van der Waals surface area contributed by atoms with Gasteiger partial charge in [0.1, 0.15) is 6.04 Å². The van der Waals surface area contributed by atoms with E-state index in [4.69, 9.17) is 5.11 Å². The van der Waals surface area contributed by atoms with Crippen molar-refractivity contribution < 1.29 is 14.7 Å². The van der Waals surface area contributed by atoms with Gasteiger partial charge in [0.25, 0.3) is 0 Å². The highest BCUT2D eigenvalue weighted by Gasteiger charge is 2.20. The van der Waals surface area contributed by atoms with Crippen molar-refractivity contribution >= 4 is 11.9 Å². The van der Waals surface area contributed by atoms with Gasteiger partial charge in [0.15, 0.2) is 0 Å². The Kier molecular flexibility index (Phi) is 12.7. The van der Waals surface area contributed by atoms with Crippen molar-refractivity contribution in [2.75, 3.05) is 19.6 Å². The lowest BCUT2D eigenvalue weighted by molar-refractivity contribution is -0.142. The average Bonchev–Trinajstić information content (AvgIpc) is 2.48. The third-order valence-corrected chi connectivity index (χ3v) is 3.87. The van der Waals surface area contributed by atoms with Crippen LogP contribution in [-0.4, -0.2) is 47.6 Å². The molecule has 0 aromatic rings. The molecule has 0 rings (SSSR count). The maximum atomic E-state index is 12.0. The van der Waals surface area contributed by atoms with Crippen LogP contribution in [0.25, 0.3) is 0 Å². The second-order valence-corrected chi connectivity index (χ2v) is 6.74. The van der Waals surface area contributed by atoms with E-state index >= 15 is 0 Å². The number of carboxylic acid groups (broad SMARTS) is 1. The first kappa shape index (κ1) is 21.9. The van der Waals surface area contributed by atoms with E-state index < -0.39 is 12.0 Å². The van der Waals surface area contributed by atoms with Gasteiger partial charge in [-0.1, -0.05) is 40.5 Å². The zero-order chi connectivity index (χ0) is 17.7. The Morgan fingerprint density at radius 1 is 1.00 bits per heavy atom. The van der Waals surface area contributed by atoms with Gasteiger partial charge in [0, 0.05) is 6.42 Å². The molecule has 0 saturated carbocycles. The number of carbonyl (C=O) groups excluding carboxylic acids is 1. The number of rotatable bonds is 14. The van der Waals surface area contributed by atoms with Gasteiger partial charge >= 0.3 is 5.97 Å². The lowest BCUT2D eigenvalue weighted by Crippen LogP contribution is -2.41. The second kappa shape index (κ2) is 13.3. The normalized spacial score (nSPS) is 12.6. The van der Waals surface area contributed by atoms with Crippen LogP contribution in [-0.2, 0) is 9.59 Å². The maximum Gasteiger partial charge on any atom is 0.326 e. The molecule has 0 aliphatic rings. The van der Waals surface area contributed by atoms with Gasteiger partial charge in [-0.3, -0.25) is 4.79 Å². The van der Waals surface area contributed by atoms with Crippen molar-refractivity contribution in [2.45, 2.75) is 78.7 Å². The van der Waals surface area contributed by atoms with Crippen LogP contribution < -0.4 is 5.32 Å². The summed E-state index contributed by atoms with van der Waals surface area (Å²) in [6, 6.07) is -0.765. The summed E-state index contributed by atoms with van der Waals surface area (Å²) in [6.45, 7) is 11.4. The highest BCUT2D eigenvalue weighted by atomic mass is 16.4. The Morgan fingerprint density at radius 2 is 1.52 bits per heavy atom. The van der Waals surface area contributed by atoms with E-state index in [0.29, 0.717) is 12.8 Å². The van der Waals surface area contributed by atoms with Gasteiger partial charge in [0.05, 0.1) is 0 Å². The Labute approximate surface area is 141 Å². The number of carboxylic acids is 1. The van der Waals surface area contributed by atoms with Crippen LogP contribution in [0.15, 0.2) is 0 Å². The number of unbranched alkanes of at least 4 members (excludes halogenated alkanes) is 2. The van der Waals surface area contributed by atoms with Crippen LogP contribution in [0.2, 0.25) is 0 Å². The molecular weight excluding hydrogens is 292 g/mol. The van der Waals surface area contributed by atoms with E-state index in [1.165, 1.54) is 25.7 Å². The van der Waals surface area contributed by atoms with Crippen LogP contribution in [0.3, 0.4) is 0 Å². The van der Waals surface area contributed by atoms with Crippen molar-refractivity contribution in [1.29, 1.82) is 0 Å². The van der Waals surface area contributed by atoms with Gasteiger partial charge in [-0.15, -0.1) is 0 Å². The van der Waals surface area contributed by atoms with Gasteiger partial charge in [0.2, 0.25) is 5.91 Å².